The van der Waals surface area contributed by atoms with Crippen molar-refractivity contribution < 1.29 is 9.47 Å². The number of hydrogen-bond acceptors (Lipinski definition) is 4. The third kappa shape index (κ3) is 2.66. The minimum absolute atomic E-state index is 0.177. The standard InChI is InChI=1S/C18H20N2O2/c1-2-5-15(6-3-1)13-20-11-8-18(9-12-20)14-21-17-16(22-18)7-4-10-19-17/h1-7,10H,8-9,11-14H2. The van der Waals surface area contributed by atoms with Gasteiger partial charge in [-0.25, -0.2) is 4.98 Å². The first-order valence-electron chi connectivity index (χ1n) is 7.86. The predicted octanol–water partition coefficient (Wildman–Crippen LogP) is 2.89. The Labute approximate surface area is 130 Å². The molecule has 1 aromatic heterocycles. The second-order valence-corrected chi connectivity index (χ2v) is 6.14. The van der Waals surface area contributed by atoms with E-state index in [0.29, 0.717) is 12.5 Å². The molecule has 0 N–H and O–H groups in total. The summed E-state index contributed by atoms with van der Waals surface area (Å²) >= 11 is 0. The molecule has 1 saturated heterocycles. The molecule has 0 radical (unpaired) electrons. The van der Waals surface area contributed by atoms with Crippen LogP contribution in [-0.4, -0.2) is 35.2 Å². The van der Waals surface area contributed by atoms with Crippen LogP contribution in [0.2, 0.25) is 0 Å². The maximum atomic E-state index is 6.24. The van der Waals surface area contributed by atoms with Crippen molar-refractivity contribution >= 4 is 0 Å². The van der Waals surface area contributed by atoms with Crippen LogP contribution >= 0.6 is 0 Å². The maximum Gasteiger partial charge on any atom is 0.257 e. The van der Waals surface area contributed by atoms with Gasteiger partial charge >= 0.3 is 0 Å². The quantitative estimate of drug-likeness (QED) is 0.853. The fourth-order valence-corrected chi connectivity index (χ4v) is 3.23. The molecular formula is C18H20N2O2. The van der Waals surface area contributed by atoms with Crippen molar-refractivity contribution in [2.75, 3.05) is 19.7 Å². The summed E-state index contributed by atoms with van der Waals surface area (Å²) in [4.78, 5) is 6.70. The summed E-state index contributed by atoms with van der Waals surface area (Å²) in [6.45, 7) is 3.69. The lowest BCUT2D eigenvalue weighted by Crippen LogP contribution is -2.53. The number of benzene rings is 1. The van der Waals surface area contributed by atoms with E-state index >= 15 is 0 Å². The van der Waals surface area contributed by atoms with E-state index in [0.717, 1.165) is 38.2 Å². The molecule has 0 bridgehead atoms. The molecule has 0 atom stereocenters. The third-order valence-electron chi connectivity index (χ3n) is 4.55. The highest BCUT2D eigenvalue weighted by atomic mass is 16.6. The van der Waals surface area contributed by atoms with E-state index in [-0.39, 0.29) is 5.60 Å². The van der Waals surface area contributed by atoms with Crippen molar-refractivity contribution in [3.8, 4) is 11.6 Å². The van der Waals surface area contributed by atoms with Gasteiger partial charge in [0.2, 0.25) is 0 Å². The van der Waals surface area contributed by atoms with Crippen molar-refractivity contribution in [2.24, 2.45) is 0 Å². The van der Waals surface area contributed by atoms with Gasteiger partial charge in [-0.05, 0) is 17.7 Å². The predicted molar refractivity (Wildman–Crippen MR) is 84.0 cm³/mol. The Kier molecular flexibility index (Phi) is 3.47. The van der Waals surface area contributed by atoms with E-state index in [4.69, 9.17) is 9.47 Å². The van der Waals surface area contributed by atoms with E-state index in [1.807, 2.05) is 12.1 Å². The number of piperidine rings is 1. The highest BCUT2D eigenvalue weighted by Crippen LogP contribution is 2.38. The van der Waals surface area contributed by atoms with Crippen LogP contribution in [0.25, 0.3) is 0 Å². The van der Waals surface area contributed by atoms with Gasteiger partial charge in [0.15, 0.2) is 5.75 Å². The summed E-state index contributed by atoms with van der Waals surface area (Å²) in [7, 11) is 0. The van der Waals surface area contributed by atoms with Crippen LogP contribution in [0.3, 0.4) is 0 Å². The van der Waals surface area contributed by atoms with E-state index in [1.54, 1.807) is 6.20 Å². The zero-order valence-electron chi connectivity index (χ0n) is 12.6. The van der Waals surface area contributed by atoms with Crippen molar-refractivity contribution in [3.63, 3.8) is 0 Å². The monoisotopic (exact) mass is 296 g/mol. The van der Waals surface area contributed by atoms with Crippen LogP contribution in [0.4, 0.5) is 0 Å². The minimum Gasteiger partial charge on any atom is -0.478 e. The lowest BCUT2D eigenvalue weighted by atomic mass is 9.91. The summed E-state index contributed by atoms with van der Waals surface area (Å²) in [6, 6.07) is 14.5. The van der Waals surface area contributed by atoms with E-state index < -0.39 is 0 Å². The van der Waals surface area contributed by atoms with Gasteiger partial charge in [-0.1, -0.05) is 30.3 Å². The molecule has 4 rings (SSSR count). The lowest BCUT2D eigenvalue weighted by molar-refractivity contribution is -0.0555. The zero-order valence-corrected chi connectivity index (χ0v) is 12.6. The van der Waals surface area contributed by atoms with Crippen LogP contribution in [-0.2, 0) is 6.54 Å². The number of pyridine rings is 1. The highest BCUT2D eigenvalue weighted by molar-refractivity contribution is 5.35. The highest BCUT2D eigenvalue weighted by Gasteiger charge is 2.41. The van der Waals surface area contributed by atoms with Crippen molar-refractivity contribution in [1.82, 2.24) is 9.88 Å². The van der Waals surface area contributed by atoms with Gasteiger partial charge in [0.1, 0.15) is 12.2 Å². The molecule has 4 heteroatoms. The van der Waals surface area contributed by atoms with Crippen LogP contribution in [0.5, 0.6) is 11.6 Å². The normalized spacial score (nSPS) is 20.0. The molecule has 114 valence electrons. The maximum absolute atomic E-state index is 6.24. The number of hydrogen-bond donors (Lipinski definition) is 0. The smallest absolute Gasteiger partial charge is 0.257 e. The summed E-state index contributed by atoms with van der Waals surface area (Å²) in [6.07, 6.45) is 3.73. The fraction of sp³-hybridized carbons (Fsp3) is 0.389. The molecule has 0 saturated carbocycles. The molecule has 3 heterocycles. The Morgan fingerprint density at radius 2 is 1.86 bits per heavy atom. The summed E-state index contributed by atoms with van der Waals surface area (Å²) in [5, 5.41) is 0. The van der Waals surface area contributed by atoms with Crippen molar-refractivity contribution in [1.29, 1.82) is 0 Å². The SMILES string of the molecule is c1ccc(CN2CCC3(CC2)COc2ncccc2O3)cc1. The first kappa shape index (κ1) is 13.6. The van der Waals surface area contributed by atoms with E-state index in [1.165, 1.54) is 5.56 Å². The first-order valence-corrected chi connectivity index (χ1v) is 7.86. The number of rotatable bonds is 2. The second-order valence-electron chi connectivity index (χ2n) is 6.14. The third-order valence-corrected chi connectivity index (χ3v) is 4.55. The molecule has 2 aliphatic heterocycles. The zero-order chi connectivity index (χ0) is 14.8. The fourth-order valence-electron chi connectivity index (χ4n) is 3.23. The van der Waals surface area contributed by atoms with Gasteiger partial charge in [0.05, 0.1) is 0 Å². The van der Waals surface area contributed by atoms with Gasteiger partial charge in [0.25, 0.3) is 5.88 Å². The van der Waals surface area contributed by atoms with Gasteiger partial charge in [0, 0.05) is 38.7 Å². The van der Waals surface area contributed by atoms with E-state index in [9.17, 15) is 0 Å². The molecule has 0 aliphatic carbocycles. The Hall–Kier alpha value is -2.07. The molecule has 22 heavy (non-hydrogen) atoms. The summed E-state index contributed by atoms with van der Waals surface area (Å²) in [5.41, 5.74) is 1.19. The first-order chi connectivity index (χ1) is 10.8. The molecule has 1 spiro atoms. The molecule has 2 aliphatic rings. The summed E-state index contributed by atoms with van der Waals surface area (Å²) in [5.74, 6) is 1.41. The van der Waals surface area contributed by atoms with Crippen LogP contribution < -0.4 is 9.47 Å². The Balaban J connectivity index is 1.40. The number of likely N-dealkylation sites (tertiary alicyclic amines) is 1. The number of ether oxygens (including phenoxy) is 2. The van der Waals surface area contributed by atoms with Gasteiger partial charge in [-0.15, -0.1) is 0 Å². The molecule has 0 unspecified atom stereocenters. The van der Waals surface area contributed by atoms with Crippen LogP contribution in [0.1, 0.15) is 18.4 Å². The van der Waals surface area contributed by atoms with Crippen molar-refractivity contribution in [3.05, 3.63) is 54.2 Å². The van der Waals surface area contributed by atoms with Crippen LogP contribution in [0.15, 0.2) is 48.7 Å². The topological polar surface area (TPSA) is 34.6 Å². The van der Waals surface area contributed by atoms with Crippen LogP contribution in [0, 0.1) is 0 Å². The van der Waals surface area contributed by atoms with Gasteiger partial charge in [-0.2, -0.15) is 0 Å². The van der Waals surface area contributed by atoms with Crippen molar-refractivity contribution in [2.45, 2.75) is 25.0 Å². The number of nitrogens with zero attached hydrogens (tertiary/aromatic N) is 2. The lowest BCUT2D eigenvalue weighted by Gasteiger charge is -2.43. The molecule has 4 nitrogen and oxygen atoms in total. The Bertz CT molecular complexity index is 637. The molecule has 2 aromatic rings. The Morgan fingerprint density at radius 3 is 2.68 bits per heavy atom. The van der Waals surface area contributed by atoms with Gasteiger partial charge < -0.3 is 9.47 Å². The average molecular weight is 296 g/mol. The summed E-state index contributed by atoms with van der Waals surface area (Å²) < 4.78 is 12.1. The molecule has 1 aromatic carbocycles. The van der Waals surface area contributed by atoms with Gasteiger partial charge in [-0.3, -0.25) is 4.90 Å². The largest absolute Gasteiger partial charge is 0.478 e. The minimum atomic E-state index is -0.177. The Morgan fingerprint density at radius 1 is 1.05 bits per heavy atom. The second kappa shape index (κ2) is 5.61. The van der Waals surface area contributed by atoms with E-state index in [2.05, 4.69) is 40.2 Å². The molecular weight excluding hydrogens is 276 g/mol. The number of aromatic nitrogens is 1. The molecule has 0 amide bonds. The average Bonchev–Trinajstić information content (AvgIpc) is 2.58. The molecule has 1 fully saturated rings. The number of fused-ring (bicyclic) bond motifs is 1.